The maximum atomic E-state index is 12.6. The molecule has 2 heterocycles. The Labute approximate surface area is 171 Å². The molecule has 28 heavy (non-hydrogen) atoms. The summed E-state index contributed by atoms with van der Waals surface area (Å²) in [4.78, 5) is 17.5. The number of thiophene rings is 1. The van der Waals surface area contributed by atoms with E-state index in [1.54, 1.807) is 30.5 Å². The summed E-state index contributed by atoms with van der Waals surface area (Å²) >= 11 is 7.26. The van der Waals surface area contributed by atoms with Crippen LogP contribution in [0.2, 0.25) is 5.02 Å². The van der Waals surface area contributed by atoms with E-state index in [1.165, 1.54) is 11.3 Å². The number of carbonyl (C=O) groups excluding carboxylic acids is 1. The monoisotopic (exact) mass is 408 g/mol. The summed E-state index contributed by atoms with van der Waals surface area (Å²) in [6.45, 7) is 0.602. The minimum absolute atomic E-state index is 0.202. The molecule has 0 saturated carbocycles. The molecule has 0 aliphatic rings. The van der Waals surface area contributed by atoms with Gasteiger partial charge in [0.05, 0.1) is 16.9 Å². The SMILES string of the molecule is O=C(NNc1ccc(Cl)cc1)c1sccc1NCc1ccnc2ccccc12. The first-order valence-electron chi connectivity index (χ1n) is 8.66. The number of benzene rings is 2. The fraction of sp³-hybridized carbons (Fsp3) is 0.0476. The zero-order chi connectivity index (χ0) is 19.3. The number of anilines is 2. The first kappa shape index (κ1) is 18.3. The van der Waals surface area contributed by atoms with Gasteiger partial charge in [-0.15, -0.1) is 11.3 Å². The Morgan fingerprint density at radius 2 is 1.86 bits per heavy atom. The molecule has 0 radical (unpaired) electrons. The molecular weight excluding hydrogens is 392 g/mol. The Morgan fingerprint density at radius 3 is 2.71 bits per heavy atom. The van der Waals surface area contributed by atoms with E-state index in [2.05, 4.69) is 27.2 Å². The van der Waals surface area contributed by atoms with Crippen LogP contribution in [-0.4, -0.2) is 10.9 Å². The Balaban J connectivity index is 1.43. The van der Waals surface area contributed by atoms with Crippen molar-refractivity contribution in [3.8, 4) is 0 Å². The number of fused-ring (bicyclic) bond motifs is 1. The summed E-state index contributed by atoms with van der Waals surface area (Å²) in [6.07, 6.45) is 1.80. The fourth-order valence-electron chi connectivity index (χ4n) is 2.84. The van der Waals surface area contributed by atoms with Gasteiger partial charge in [0.15, 0.2) is 0 Å². The number of nitrogens with one attached hydrogen (secondary N) is 3. The van der Waals surface area contributed by atoms with Crippen molar-refractivity contribution < 1.29 is 4.79 Å². The average Bonchev–Trinajstić information content (AvgIpc) is 3.20. The second-order valence-electron chi connectivity index (χ2n) is 6.09. The van der Waals surface area contributed by atoms with Gasteiger partial charge >= 0.3 is 0 Å². The van der Waals surface area contributed by atoms with E-state index in [4.69, 9.17) is 11.6 Å². The predicted molar refractivity (Wildman–Crippen MR) is 116 cm³/mol. The van der Waals surface area contributed by atoms with Gasteiger partial charge in [-0.05, 0) is 53.4 Å². The highest BCUT2D eigenvalue weighted by Crippen LogP contribution is 2.24. The number of halogens is 1. The lowest BCUT2D eigenvalue weighted by atomic mass is 10.1. The van der Waals surface area contributed by atoms with Gasteiger partial charge in [-0.2, -0.15) is 0 Å². The van der Waals surface area contributed by atoms with Crippen LogP contribution >= 0.6 is 22.9 Å². The number of rotatable bonds is 6. The number of amides is 1. The second kappa shape index (κ2) is 8.29. The molecule has 0 aliphatic heterocycles. The lowest BCUT2D eigenvalue weighted by Gasteiger charge is -2.11. The van der Waals surface area contributed by atoms with Crippen LogP contribution in [-0.2, 0) is 6.54 Å². The number of pyridine rings is 1. The van der Waals surface area contributed by atoms with Gasteiger partial charge in [-0.1, -0.05) is 29.8 Å². The van der Waals surface area contributed by atoms with Crippen LogP contribution in [0.1, 0.15) is 15.2 Å². The zero-order valence-electron chi connectivity index (χ0n) is 14.8. The molecule has 0 aliphatic carbocycles. The summed E-state index contributed by atoms with van der Waals surface area (Å²) in [5.74, 6) is -0.202. The first-order chi connectivity index (χ1) is 13.7. The minimum Gasteiger partial charge on any atom is -0.380 e. The van der Waals surface area contributed by atoms with E-state index in [0.29, 0.717) is 16.4 Å². The standard InChI is InChI=1S/C21H17ClN4OS/c22-15-5-7-16(8-6-15)25-26-21(27)20-19(10-12-28-20)24-13-14-9-11-23-18-4-2-1-3-17(14)18/h1-12,24-25H,13H2,(H,26,27). The molecule has 2 aromatic carbocycles. The molecular formula is C21H17ClN4OS. The van der Waals surface area contributed by atoms with Crippen molar-refractivity contribution in [2.75, 3.05) is 10.7 Å². The topological polar surface area (TPSA) is 66.1 Å². The highest BCUT2D eigenvalue weighted by atomic mass is 35.5. The van der Waals surface area contributed by atoms with Crippen LogP contribution < -0.4 is 16.2 Å². The molecule has 5 nitrogen and oxygen atoms in total. The lowest BCUT2D eigenvalue weighted by molar-refractivity contribution is 0.0967. The molecule has 1 amide bonds. The molecule has 7 heteroatoms. The van der Waals surface area contributed by atoms with Gasteiger partial charge in [0.2, 0.25) is 0 Å². The highest BCUT2D eigenvalue weighted by Gasteiger charge is 2.13. The third kappa shape index (κ3) is 4.08. The Kier molecular flexibility index (Phi) is 5.41. The van der Waals surface area contributed by atoms with Crippen LogP contribution in [0.5, 0.6) is 0 Å². The van der Waals surface area contributed by atoms with Gasteiger partial charge in [0.1, 0.15) is 4.88 Å². The minimum atomic E-state index is -0.202. The van der Waals surface area contributed by atoms with Crippen LogP contribution in [0.3, 0.4) is 0 Å². The third-order valence-corrected chi connectivity index (χ3v) is 5.41. The first-order valence-corrected chi connectivity index (χ1v) is 9.92. The van der Waals surface area contributed by atoms with Crippen molar-refractivity contribution in [3.63, 3.8) is 0 Å². The van der Waals surface area contributed by atoms with E-state index in [1.807, 2.05) is 35.7 Å². The van der Waals surface area contributed by atoms with Crippen LogP contribution in [0.25, 0.3) is 10.9 Å². The summed E-state index contributed by atoms with van der Waals surface area (Å²) in [7, 11) is 0. The van der Waals surface area contributed by atoms with Crippen molar-refractivity contribution in [3.05, 3.63) is 87.7 Å². The van der Waals surface area contributed by atoms with Crippen molar-refractivity contribution >= 4 is 51.1 Å². The Hall–Kier alpha value is -3.09. The van der Waals surface area contributed by atoms with Gasteiger partial charge in [-0.3, -0.25) is 20.6 Å². The number of nitrogens with zero attached hydrogens (tertiary/aromatic N) is 1. The van der Waals surface area contributed by atoms with E-state index in [0.717, 1.165) is 27.8 Å². The Bertz CT molecular complexity index is 1110. The molecule has 0 saturated heterocycles. The molecule has 140 valence electrons. The van der Waals surface area contributed by atoms with Crippen molar-refractivity contribution in [1.82, 2.24) is 10.4 Å². The highest BCUT2D eigenvalue weighted by molar-refractivity contribution is 7.12. The molecule has 2 aromatic heterocycles. The van der Waals surface area contributed by atoms with Crippen LogP contribution in [0.15, 0.2) is 72.2 Å². The quantitative estimate of drug-likeness (QED) is 0.378. The normalized spacial score (nSPS) is 10.6. The average molecular weight is 409 g/mol. The number of aromatic nitrogens is 1. The number of hydrogen-bond acceptors (Lipinski definition) is 5. The molecule has 3 N–H and O–H groups in total. The molecule has 4 aromatic rings. The predicted octanol–water partition coefficient (Wildman–Crippen LogP) is 5.32. The molecule has 4 rings (SSSR count). The summed E-state index contributed by atoms with van der Waals surface area (Å²) in [5, 5.41) is 7.00. The van der Waals surface area contributed by atoms with E-state index in [9.17, 15) is 4.79 Å². The van der Waals surface area contributed by atoms with Gasteiger partial charge in [0, 0.05) is 23.2 Å². The molecule has 0 fully saturated rings. The largest absolute Gasteiger partial charge is 0.380 e. The molecule has 0 atom stereocenters. The molecule has 0 unspecified atom stereocenters. The van der Waals surface area contributed by atoms with Gasteiger partial charge < -0.3 is 5.32 Å². The number of hydrazine groups is 1. The zero-order valence-corrected chi connectivity index (χ0v) is 16.3. The van der Waals surface area contributed by atoms with Crippen molar-refractivity contribution in [2.24, 2.45) is 0 Å². The maximum absolute atomic E-state index is 12.6. The fourth-order valence-corrected chi connectivity index (χ4v) is 3.73. The van der Waals surface area contributed by atoms with Crippen molar-refractivity contribution in [1.29, 1.82) is 0 Å². The van der Waals surface area contributed by atoms with Crippen molar-refractivity contribution in [2.45, 2.75) is 6.54 Å². The lowest BCUT2D eigenvalue weighted by Crippen LogP contribution is -2.29. The van der Waals surface area contributed by atoms with Gasteiger partial charge in [0.25, 0.3) is 5.91 Å². The summed E-state index contributed by atoms with van der Waals surface area (Å²) in [5.41, 5.74) is 9.25. The van der Waals surface area contributed by atoms with Crippen LogP contribution in [0.4, 0.5) is 11.4 Å². The molecule has 0 spiro atoms. The Morgan fingerprint density at radius 1 is 1.04 bits per heavy atom. The van der Waals surface area contributed by atoms with E-state index in [-0.39, 0.29) is 5.91 Å². The number of para-hydroxylation sites is 1. The van der Waals surface area contributed by atoms with Crippen LogP contribution in [0, 0.1) is 0 Å². The number of hydrogen-bond donors (Lipinski definition) is 3. The third-order valence-electron chi connectivity index (χ3n) is 4.24. The number of carbonyl (C=O) groups is 1. The molecule has 0 bridgehead atoms. The van der Waals surface area contributed by atoms with E-state index >= 15 is 0 Å². The smallest absolute Gasteiger partial charge is 0.281 e. The maximum Gasteiger partial charge on any atom is 0.281 e. The summed E-state index contributed by atoms with van der Waals surface area (Å²) in [6, 6.07) is 19.0. The van der Waals surface area contributed by atoms with E-state index < -0.39 is 0 Å². The van der Waals surface area contributed by atoms with Gasteiger partial charge in [-0.25, -0.2) is 0 Å². The second-order valence-corrected chi connectivity index (χ2v) is 7.44. The summed E-state index contributed by atoms with van der Waals surface area (Å²) < 4.78 is 0.